The second-order valence-electron chi connectivity index (χ2n) is 10.3. The molecule has 2 heterocycles. The topological polar surface area (TPSA) is 85.2 Å². The molecular formula is C22H32O6. The van der Waals surface area contributed by atoms with Crippen molar-refractivity contribution in [1.29, 1.82) is 0 Å². The lowest BCUT2D eigenvalue weighted by molar-refractivity contribution is -0.289. The van der Waals surface area contributed by atoms with Crippen LogP contribution < -0.4 is 0 Å². The number of hydrogen-bond donors (Lipinski definition) is 2. The highest BCUT2D eigenvalue weighted by atomic mass is 16.8. The van der Waals surface area contributed by atoms with E-state index in [1.807, 2.05) is 6.92 Å². The van der Waals surface area contributed by atoms with Crippen LogP contribution in [0.1, 0.15) is 52.9 Å². The van der Waals surface area contributed by atoms with Crippen LogP contribution in [0.4, 0.5) is 0 Å². The summed E-state index contributed by atoms with van der Waals surface area (Å²) < 4.78 is 18.1. The van der Waals surface area contributed by atoms with Crippen LogP contribution in [0.5, 0.6) is 0 Å². The SMILES string of the molecule is C=C1C2CCC3C(C2)(C(=O)OC2OC(OCC)C4C(C)(C)CCC(O)C243)C1O. The number of hydrogen-bond acceptors (Lipinski definition) is 6. The van der Waals surface area contributed by atoms with E-state index in [9.17, 15) is 15.0 Å². The second kappa shape index (κ2) is 5.81. The Morgan fingerprint density at radius 3 is 2.71 bits per heavy atom. The van der Waals surface area contributed by atoms with Gasteiger partial charge in [-0.05, 0) is 61.9 Å². The molecule has 0 aromatic rings. The summed E-state index contributed by atoms with van der Waals surface area (Å²) in [5, 5.41) is 22.6. The zero-order chi connectivity index (χ0) is 20.1. The summed E-state index contributed by atoms with van der Waals surface area (Å²) in [7, 11) is 0. The van der Waals surface area contributed by atoms with E-state index in [2.05, 4.69) is 20.4 Å². The number of carbonyl (C=O) groups excluding carboxylic acids is 1. The summed E-state index contributed by atoms with van der Waals surface area (Å²) in [4.78, 5) is 13.3. The average molecular weight is 392 g/mol. The third-order valence-electron chi connectivity index (χ3n) is 8.86. The molecule has 3 aliphatic carbocycles. The Bertz CT molecular complexity index is 718. The largest absolute Gasteiger partial charge is 0.434 e. The van der Waals surface area contributed by atoms with Crippen LogP contribution in [0.15, 0.2) is 12.2 Å². The molecule has 6 nitrogen and oxygen atoms in total. The molecular weight excluding hydrogens is 360 g/mol. The first kappa shape index (κ1) is 19.0. The molecule has 3 saturated carbocycles. The minimum Gasteiger partial charge on any atom is -0.434 e. The van der Waals surface area contributed by atoms with Crippen molar-refractivity contribution in [1.82, 2.24) is 0 Å². The normalized spacial score (nSPS) is 54.0. The van der Waals surface area contributed by atoms with Gasteiger partial charge in [-0.25, -0.2) is 0 Å². The maximum Gasteiger partial charge on any atom is 0.317 e. The summed E-state index contributed by atoms with van der Waals surface area (Å²) >= 11 is 0. The number of aliphatic hydroxyl groups excluding tert-OH is 2. The first-order valence-electron chi connectivity index (χ1n) is 10.7. The van der Waals surface area contributed by atoms with Gasteiger partial charge in [-0.3, -0.25) is 4.79 Å². The molecule has 2 saturated heterocycles. The van der Waals surface area contributed by atoms with Crippen LogP contribution in [0.2, 0.25) is 0 Å². The maximum absolute atomic E-state index is 13.3. The summed E-state index contributed by atoms with van der Waals surface area (Å²) in [6.07, 6.45) is 0.752. The van der Waals surface area contributed by atoms with Crippen molar-refractivity contribution in [3.05, 3.63) is 12.2 Å². The predicted octanol–water partition coefficient (Wildman–Crippen LogP) is 2.38. The van der Waals surface area contributed by atoms with Crippen LogP contribution in [0.3, 0.4) is 0 Å². The molecule has 2 spiro atoms. The van der Waals surface area contributed by atoms with Crippen molar-refractivity contribution in [2.24, 2.45) is 34.0 Å². The Labute approximate surface area is 166 Å². The van der Waals surface area contributed by atoms with Crippen molar-refractivity contribution in [3.8, 4) is 0 Å². The van der Waals surface area contributed by atoms with Gasteiger partial charge < -0.3 is 24.4 Å². The lowest BCUT2D eigenvalue weighted by Gasteiger charge is -2.62. The van der Waals surface area contributed by atoms with E-state index < -0.39 is 41.6 Å². The molecule has 9 unspecified atom stereocenters. The lowest BCUT2D eigenvalue weighted by atomic mass is 9.43. The Kier molecular flexibility index (Phi) is 3.95. The van der Waals surface area contributed by atoms with Gasteiger partial charge in [-0.15, -0.1) is 0 Å². The van der Waals surface area contributed by atoms with Crippen LogP contribution in [-0.2, 0) is 19.0 Å². The van der Waals surface area contributed by atoms with Crippen molar-refractivity contribution < 1.29 is 29.2 Å². The molecule has 5 aliphatic rings. The van der Waals surface area contributed by atoms with Gasteiger partial charge >= 0.3 is 5.97 Å². The van der Waals surface area contributed by atoms with Crippen LogP contribution >= 0.6 is 0 Å². The standard InChI is InChI=1S/C22H32O6/c1-5-26-17-15-20(3,4)9-8-14(23)22(15)13-7-6-12-10-21(13,16(24)11(12)2)18(25)28-19(22)27-17/h12-17,19,23-24H,2,5-10H2,1,3-4H3. The molecule has 5 fully saturated rings. The highest BCUT2D eigenvalue weighted by Crippen LogP contribution is 2.73. The van der Waals surface area contributed by atoms with Crippen LogP contribution in [-0.4, -0.2) is 47.6 Å². The Balaban J connectivity index is 1.71. The summed E-state index contributed by atoms with van der Waals surface area (Å²) in [5.74, 6) is -0.567. The highest BCUT2D eigenvalue weighted by Gasteiger charge is 2.80. The van der Waals surface area contributed by atoms with Crippen molar-refractivity contribution in [3.63, 3.8) is 0 Å². The summed E-state index contributed by atoms with van der Waals surface area (Å²) in [6.45, 7) is 10.9. The van der Waals surface area contributed by atoms with Gasteiger partial charge in [0.25, 0.3) is 0 Å². The van der Waals surface area contributed by atoms with Gasteiger partial charge in [-0.2, -0.15) is 0 Å². The quantitative estimate of drug-likeness (QED) is 0.554. The smallest absolute Gasteiger partial charge is 0.317 e. The van der Waals surface area contributed by atoms with E-state index in [0.717, 1.165) is 24.8 Å². The van der Waals surface area contributed by atoms with Gasteiger partial charge in [0.1, 0.15) is 5.41 Å². The monoisotopic (exact) mass is 392 g/mol. The van der Waals surface area contributed by atoms with Gasteiger partial charge in [0.05, 0.1) is 17.6 Å². The number of ether oxygens (including phenoxy) is 3. The molecule has 6 heteroatoms. The van der Waals surface area contributed by atoms with E-state index >= 15 is 0 Å². The molecule has 5 rings (SSSR count). The number of esters is 1. The Hall–Kier alpha value is -0.950. The Morgan fingerprint density at radius 1 is 1.25 bits per heavy atom. The zero-order valence-corrected chi connectivity index (χ0v) is 17.0. The molecule has 0 amide bonds. The number of fused-ring (bicyclic) bond motifs is 1. The fourth-order valence-electron chi connectivity index (χ4n) is 7.76. The van der Waals surface area contributed by atoms with Crippen molar-refractivity contribution in [2.45, 2.75) is 77.7 Å². The predicted molar refractivity (Wildman–Crippen MR) is 99.7 cm³/mol. The molecule has 2 bridgehead atoms. The van der Waals surface area contributed by atoms with Crippen molar-refractivity contribution >= 4 is 5.97 Å². The molecule has 0 aromatic heterocycles. The molecule has 0 aromatic carbocycles. The van der Waals surface area contributed by atoms with Gasteiger partial charge in [-0.1, -0.05) is 20.4 Å². The average Bonchev–Trinajstić information content (AvgIpc) is 3.08. The zero-order valence-electron chi connectivity index (χ0n) is 17.0. The van der Waals surface area contributed by atoms with E-state index in [0.29, 0.717) is 19.4 Å². The number of carbonyl (C=O) groups is 1. The summed E-state index contributed by atoms with van der Waals surface area (Å²) in [6, 6.07) is 0. The molecule has 156 valence electrons. The first-order chi connectivity index (χ1) is 13.2. The molecule has 0 radical (unpaired) electrons. The third-order valence-corrected chi connectivity index (χ3v) is 8.86. The minimum absolute atomic E-state index is 0.110. The van der Waals surface area contributed by atoms with Gasteiger partial charge in [0, 0.05) is 12.5 Å². The van der Waals surface area contributed by atoms with E-state index in [1.165, 1.54) is 0 Å². The fourth-order valence-corrected chi connectivity index (χ4v) is 7.76. The minimum atomic E-state index is -1.02. The number of aliphatic hydroxyl groups is 2. The summed E-state index contributed by atoms with van der Waals surface area (Å²) in [5.41, 5.74) is -1.17. The molecule has 9 atom stereocenters. The van der Waals surface area contributed by atoms with Crippen molar-refractivity contribution in [2.75, 3.05) is 6.61 Å². The van der Waals surface area contributed by atoms with E-state index in [1.54, 1.807) is 0 Å². The van der Waals surface area contributed by atoms with E-state index in [4.69, 9.17) is 14.2 Å². The molecule has 2 aliphatic heterocycles. The van der Waals surface area contributed by atoms with Gasteiger partial charge in [0.15, 0.2) is 6.29 Å². The number of rotatable bonds is 2. The second-order valence-corrected chi connectivity index (χ2v) is 10.3. The lowest BCUT2D eigenvalue weighted by Crippen LogP contribution is -2.69. The third kappa shape index (κ3) is 1.96. The highest BCUT2D eigenvalue weighted by molar-refractivity contribution is 5.81. The van der Waals surface area contributed by atoms with Crippen LogP contribution in [0.25, 0.3) is 0 Å². The maximum atomic E-state index is 13.3. The van der Waals surface area contributed by atoms with Crippen LogP contribution in [0, 0.1) is 34.0 Å². The van der Waals surface area contributed by atoms with Gasteiger partial charge in [0.2, 0.25) is 6.29 Å². The molecule has 2 N–H and O–H groups in total. The van der Waals surface area contributed by atoms with E-state index in [-0.39, 0.29) is 23.2 Å². The fraction of sp³-hybridized carbons (Fsp3) is 0.864. The Morgan fingerprint density at radius 2 is 2.00 bits per heavy atom. The first-order valence-corrected chi connectivity index (χ1v) is 10.7. The molecule has 28 heavy (non-hydrogen) atoms.